The molecule has 0 unspecified atom stereocenters. The van der Waals surface area contributed by atoms with Crippen molar-refractivity contribution in [3.05, 3.63) is 59.7 Å². The molecule has 1 aliphatic heterocycles. The van der Waals surface area contributed by atoms with Crippen LogP contribution in [0, 0.1) is 0 Å². The summed E-state index contributed by atoms with van der Waals surface area (Å²) in [5.74, 6) is -0.340. The lowest BCUT2D eigenvalue weighted by Gasteiger charge is -2.16. The van der Waals surface area contributed by atoms with Crippen molar-refractivity contribution in [2.24, 2.45) is 0 Å². The summed E-state index contributed by atoms with van der Waals surface area (Å²) in [5, 5.41) is 2.97. The van der Waals surface area contributed by atoms with Gasteiger partial charge in [0.05, 0.1) is 0 Å². The van der Waals surface area contributed by atoms with Crippen molar-refractivity contribution in [1.82, 2.24) is 20.2 Å². The second-order valence-electron chi connectivity index (χ2n) is 7.09. The minimum Gasteiger partial charge on any atom is -0.350 e. The van der Waals surface area contributed by atoms with Gasteiger partial charge in [0, 0.05) is 36.9 Å². The highest BCUT2D eigenvalue weighted by Crippen LogP contribution is 2.46. The van der Waals surface area contributed by atoms with Gasteiger partial charge in [-0.3, -0.25) is 14.6 Å². The summed E-state index contributed by atoms with van der Waals surface area (Å²) in [6, 6.07) is 10.9. The van der Waals surface area contributed by atoms with Crippen molar-refractivity contribution < 1.29 is 9.59 Å². The average Bonchev–Trinajstić information content (AvgIpc) is 3.29. The first-order valence-electron chi connectivity index (χ1n) is 9.14. The summed E-state index contributed by atoms with van der Waals surface area (Å²) in [6.45, 7) is 2.07. The summed E-state index contributed by atoms with van der Waals surface area (Å²) < 4.78 is 0. The van der Waals surface area contributed by atoms with E-state index in [2.05, 4.69) is 15.3 Å². The number of rotatable bonds is 5. The maximum atomic E-state index is 12.5. The van der Waals surface area contributed by atoms with Crippen LogP contribution in [0.15, 0.2) is 42.6 Å². The van der Waals surface area contributed by atoms with E-state index in [-0.39, 0.29) is 22.9 Å². The molecule has 0 bridgehead atoms. The summed E-state index contributed by atoms with van der Waals surface area (Å²) in [4.78, 5) is 35.5. The molecule has 1 aliphatic carbocycles. The van der Waals surface area contributed by atoms with Gasteiger partial charge in [-0.15, -0.1) is 0 Å². The Morgan fingerprint density at radius 2 is 1.81 bits per heavy atom. The molecule has 4 rings (SSSR count). The molecular formula is C20H22N4O2. The highest BCUT2D eigenvalue weighted by atomic mass is 16.2. The zero-order valence-electron chi connectivity index (χ0n) is 14.6. The van der Waals surface area contributed by atoms with E-state index in [0.717, 1.165) is 44.5 Å². The van der Waals surface area contributed by atoms with Gasteiger partial charge in [-0.25, -0.2) is 4.98 Å². The summed E-state index contributed by atoms with van der Waals surface area (Å²) in [7, 11) is 0. The molecule has 6 heteroatoms. The zero-order chi connectivity index (χ0) is 18.0. The van der Waals surface area contributed by atoms with E-state index < -0.39 is 0 Å². The summed E-state index contributed by atoms with van der Waals surface area (Å²) in [5.41, 5.74) is 1.59. The van der Waals surface area contributed by atoms with Gasteiger partial charge in [-0.2, -0.15) is 0 Å². The van der Waals surface area contributed by atoms with Gasteiger partial charge < -0.3 is 10.2 Å². The Labute approximate surface area is 152 Å². The number of carbonyl (C=O) groups excluding carboxylic acids is 2. The van der Waals surface area contributed by atoms with Crippen LogP contribution >= 0.6 is 0 Å². The van der Waals surface area contributed by atoms with Crippen LogP contribution in [-0.2, 0) is 5.41 Å². The van der Waals surface area contributed by atoms with Gasteiger partial charge in [0.15, 0.2) is 0 Å². The second kappa shape index (κ2) is 6.86. The van der Waals surface area contributed by atoms with Crippen molar-refractivity contribution in [3.63, 3.8) is 0 Å². The van der Waals surface area contributed by atoms with E-state index in [1.54, 1.807) is 29.3 Å². The Hall–Kier alpha value is -2.76. The van der Waals surface area contributed by atoms with E-state index >= 15 is 0 Å². The quantitative estimate of drug-likeness (QED) is 0.897. The number of nitrogens with zero attached hydrogens (tertiary/aromatic N) is 3. The molecule has 2 aromatic rings. The van der Waals surface area contributed by atoms with Crippen molar-refractivity contribution in [2.45, 2.75) is 31.1 Å². The van der Waals surface area contributed by atoms with Crippen molar-refractivity contribution >= 4 is 11.8 Å². The Kier molecular flexibility index (Phi) is 4.41. The van der Waals surface area contributed by atoms with Crippen LogP contribution in [-0.4, -0.2) is 46.3 Å². The highest BCUT2D eigenvalue weighted by molar-refractivity contribution is 5.96. The van der Waals surface area contributed by atoms with Crippen molar-refractivity contribution in [1.29, 1.82) is 0 Å². The third-order valence-electron chi connectivity index (χ3n) is 5.24. The van der Waals surface area contributed by atoms with Gasteiger partial charge >= 0.3 is 0 Å². The number of amides is 2. The molecule has 1 saturated heterocycles. The Bertz CT molecular complexity index is 812. The van der Waals surface area contributed by atoms with Crippen LogP contribution in [0.1, 0.15) is 52.4 Å². The van der Waals surface area contributed by atoms with Gasteiger partial charge in [0.25, 0.3) is 11.8 Å². The predicted octanol–water partition coefficient (Wildman–Crippen LogP) is 2.17. The minimum atomic E-state index is -0.247. The first kappa shape index (κ1) is 16.7. The largest absolute Gasteiger partial charge is 0.350 e. The fourth-order valence-electron chi connectivity index (χ4n) is 3.45. The van der Waals surface area contributed by atoms with Crippen LogP contribution in [0.25, 0.3) is 0 Å². The lowest BCUT2D eigenvalue weighted by atomic mass is 10.0. The average molecular weight is 350 g/mol. The smallest absolute Gasteiger partial charge is 0.272 e. The molecule has 26 heavy (non-hydrogen) atoms. The van der Waals surface area contributed by atoms with E-state index in [1.165, 1.54) is 0 Å². The molecule has 0 atom stereocenters. The SMILES string of the molecule is O=C(NCC1(c2ccccn2)CC1)c1cccc(C(=O)N2CCCC2)n1. The lowest BCUT2D eigenvalue weighted by molar-refractivity contribution is 0.0787. The van der Waals surface area contributed by atoms with E-state index in [0.29, 0.717) is 12.2 Å². The summed E-state index contributed by atoms with van der Waals surface area (Å²) in [6.07, 6.45) is 5.88. The molecule has 2 aliphatic rings. The number of carbonyl (C=O) groups is 2. The highest BCUT2D eigenvalue weighted by Gasteiger charge is 2.45. The number of nitrogens with one attached hydrogen (secondary N) is 1. The van der Waals surface area contributed by atoms with Crippen molar-refractivity contribution in [3.8, 4) is 0 Å². The van der Waals surface area contributed by atoms with Crippen molar-refractivity contribution in [2.75, 3.05) is 19.6 Å². The fourth-order valence-corrected chi connectivity index (χ4v) is 3.45. The van der Waals surface area contributed by atoms with Crippen LogP contribution < -0.4 is 5.32 Å². The van der Waals surface area contributed by atoms with Gasteiger partial charge in [0.2, 0.25) is 0 Å². The maximum absolute atomic E-state index is 12.5. The topological polar surface area (TPSA) is 75.2 Å². The van der Waals surface area contributed by atoms with Gasteiger partial charge in [-0.05, 0) is 49.9 Å². The second-order valence-corrected chi connectivity index (χ2v) is 7.09. The minimum absolute atomic E-state index is 0.0557. The molecule has 6 nitrogen and oxygen atoms in total. The molecule has 0 spiro atoms. The van der Waals surface area contributed by atoms with E-state index in [9.17, 15) is 9.59 Å². The third kappa shape index (κ3) is 3.31. The molecule has 1 saturated carbocycles. The summed E-state index contributed by atoms with van der Waals surface area (Å²) >= 11 is 0. The first-order valence-corrected chi connectivity index (χ1v) is 9.14. The molecular weight excluding hydrogens is 328 g/mol. The molecule has 0 radical (unpaired) electrons. The zero-order valence-corrected chi connectivity index (χ0v) is 14.6. The maximum Gasteiger partial charge on any atom is 0.272 e. The molecule has 1 N–H and O–H groups in total. The number of aromatic nitrogens is 2. The molecule has 2 fully saturated rings. The number of hydrogen-bond acceptors (Lipinski definition) is 4. The predicted molar refractivity (Wildman–Crippen MR) is 96.9 cm³/mol. The fraction of sp³-hybridized carbons (Fsp3) is 0.400. The number of pyridine rings is 2. The monoisotopic (exact) mass is 350 g/mol. The van der Waals surface area contributed by atoms with Crippen LogP contribution in [0.5, 0.6) is 0 Å². The normalized spacial score (nSPS) is 17.8. The molecule has 3 heterocycles. The van der Waals surface area contributed by atoms with E-state index in [1.807, 2.05) is 18.2 Å². The van der Waals surface area contributed by atoms with Crippen LogP contribution in [0.3, 0.4) is 0 Å². The lowest BCUT2D eigenvalue weighted by Crippen LogP contribution is -2.34. The molecule has 2 aromatic heterocycles. The Balaban J connectivity index is 1.42. The Morgan fingerprint density at radius 3 is 2.50 bits per heavy atom. The van der Waals surface area contributed by atoms with Gasteiger partial charge in [-0.1, -0.05) is 12.1 Å². The molecule has 0 aromatic carbocycles. The van der Waals surface area contributed by atoms with Gasteiger partial charge in [0.1, 0.15) is 11.4 Å². The standard InChI is InChI=1S/C20H22N4O2/c25-18(22-14-20(9-10-20)17-8-1-2-11-21-17)15-6-5-7-16(23-15)19(26)24-12-3-4-13-24/h1-2,5-8,11H,3-4,9-10,12-14H2,(H,22,25). The van der Waals surface area contributed by atoms with Crippen LogP contribution in [0.2, 0.25) is 0 Å². The Morgan fingerprint density at radius 1 is 1.04 bits per heavy atom. The third-order valence-corrected chi connectivity index (χ3v) is 5.24. The van der Waals surface area contributed by atoms with Crippen LogP contribution in [0.4, 0.5) is 0 Å². The first-order chi connectivity index (χ1) is 12.7. The molecule has 134 valence electrons. The van der Waals surface area contributed by atoms with E-state index in [4.69, 9.17) is 0 Å². The number of hydrogen-bond donors (Lipinski definition) is 1. The number of likely N-dealkylation sites (tertiary alicyclic amines) is 1. The molecule has 2 amide bonds.